The number of carbonyl (C=O) groups is 1. The van der Waals surface area contributed by atoms with E-state index >= 15 is 0 Å². The summed E-state index contributed by atoms with van der Waals surface area (Å²) in [6.07, 6.45) is 1.43. The number of fused-ring (bicyclic) bond motifs is 1. The first kappa shape index (κ1) is 14.3. The van der Waals surface area contributed by atoms with Gasteiger partial charge in [-0.25, -0.2) is 0 Å². The second kappa shape index (κ2) is 5.88. The summed E-state index contributed by atoms with van der Waals surface area (Å²) in [5, 5.41) is 12.3. The lowest BCUT2D eigenvalue weighted by Gasteiger charge is -2.19. The molecule has 20 heavy (non-hydrogen) atoms. The lowest BCUT2D eigenvalue weighted by Crippen LogP contribution is -2.40. The van der Waals surface area contributed by atoms with Crippen LogP contribution in [0, 0.1) is 5.92 Å². The predicted octanol–water partition coefficient (Wildman–Crippen LogP) is 1.27. The molecule has 5 heteroatoms. The number of hydrogen-bond acceptors (Lipinski definition) is 3. The smallest absolute Gasteiger partial charge is 0.256 e. The number of aliphatic hydroxyl groups is 1. The van der Waals surface area contributed by atoms with E-state index in [9.17, 15) is 9.59 Å². The number of H-pyrrole nitrogens is 1. The Morgan fingerprint density at radius 1 is 1.35 bits per heavy atom. The highest BCUT2D eigenvalue weighted by molar-refractivity contribution is 5.97. The van der Waals surface area contributed by atoms with Crippen molar-refractivity contribution in [1.29, 1.82) is 0 Å². The Balaban J connectivity index is 2.31. The molecule has 0 saturated heterocycles. The molecule has 0 spiro atoms. The number of nitrogens with one attached hydrogen (secondary N) is 2. The summed E-state index contributed by atoms with van der Waals surface area (Å²) in [5.74, 6) is -0.497. The second-order valence-electron chi connectivity index (χ2n) is 5.00. The number of pyridine rings is 1. The van der Waals surface area contributed by atoms with Crippen molar-refractivity contribution in [2.24, 2.45) is 5.92 Å². The van der Waals surface area contributed by atoms with Crippen molar-refractivity contribution in [3.8, 4) is 0 Å². The summed E-state index contributed by atoms with van der Waals surface area (Å²) in [4.78, 5) is 27.3. The average molecular weight is 274 g/mol. The highest BCUT2D eigenvalue weighted by Gasteiger charge is 2.18. The van der Waals surface area contributed by atoms with E-state index < -0.39 is 5.91 Å². The molecule has 0 aliphatic carbocycles. The molecule has 3 N–H and O–H groups in total. The quantitative estimate of drug-likeness (QED) is 0.785. The van der Waals surface area contributed by atoms with Crippen LogP contribution >= 0.6 is 0 Å². The maximum atomic E-state index is 12.3. The summed E-state index contributed by atoms with van der Waals surface area (Å²) in [6, 6.07) is 6.84. The minimum atomic E-state index is -0.426. The van der Waals surface area contributed by atoms with E-state index in [2.05, 4.69) is 10.3 Å². The third kappa shape index (κ3) is 2.72. The van der Waals surface area contributed by atoms with Gasteiger partial charge in [0.2, 0.25) is 5.43 Å². The van der Waals surface area contributed by atoms with E-state index in [4.69, 9.17) is 5.11 Å². The van der Waals surface area contributed by atoms with Gasteiger partial charge < -0.3 is 15.4 Å². The van der Waals surface area contributed by atoms with Gasteiger partial charge in [-0.3, -0.25) is 9.59 Å². The van der Waals surface area contributed by atoms with Gasteiger partial charge in [0.15, 0.2) is 0 Å². The first-order chi connectivity index (χ1) is 9.54. The maximum absolute atomic E-state index is 12.3. The highest BCUT2D eigenvalue weighted by atomic mass is 16.3. The van der Waals surface area contributed by atoms with Gasteiger partial charge in [0, 0.05) is 29.7 Å². The van der Waals surface area contributed by atoms with Crippen molar-refractivity contribution < 1.29 is 9.90 Å². The molecule has 2 unspecified atom stereocenters. The van der Waals surface area contributed by atoms with Gasteiger partial charge in [0.1, 0.15) is 5.56 Å². The Labute approximate surface area is 116 Å². The van der Waals surface area contributed by atoms with Gasteiger partial charge in [0.05, 0.1) is 0 Å². The lowest BCUT2D eigenvalue weighted by atomic mass is 10.0. The minimum absolute atomic E-state index is 0.0183. The molecule has 106 valence electrons. The molecule has 0 fully saturated rings. The van der Waals surface area contributed by atoms with Crippen molar-refractivity contribution in [2.45, 2.75) is 19.9 Å². The minimum Gasteiger partial charge on any atom is -0.396 e. The van der Waals surface area contributed by atoms with Crippen molar-refractivity contribution in [1.82, 2.24) is 10.3 Å². The summed E-state index contributed by atoms with van der Waals surface area (Å²) in [5.41, 5.74) is 0.493. The number of para-hydroxylation sites is 1. The summed E-state index contributed by atoms with van der Waals surface area (Å²) < 4.78 is 0. The largest absolute Gasteiger partial charge is 0.396 e. The Morgan fingerprint density at radius 3 is 2.75 bits per heavy atom. The Hall–Kier alpha value is -2.14. The zero-order valence-corrected chi connectivity index (χ0v) is 11.5. The second-order valence-corrected chi connectivity index (χ2v) is 5.00. The van der Waals surface area contributed by atoms with Crippen LogP contribution in [-0.2, 0) is 0 Å². The normalized spacial score (nSPS) is 13.9. The molecule has 1 heterocycles. The molecule has 1 aromatic carbocycles. The van der Waals surface area contributed by atoms with Crippen LogP contribution in [0.1, 0.15) is 24.2 Å². The number of aromatic nitrogens is 1. The SMILES string of the molecule is CC(CO)C(C)NC(=O)c1c[nH]c2ccccc2c1=O. The van der Waals surface area contributed by atoms with E-state index in [1.165, 1.54) is 6.20 Å². The average Bonchev–Trinajstić information content (AvgIpc) is 2.46. The Bertz CT molecular complexity index is 678. The molecule has 1 amide bonds. The standard InChI is InChI=1S/C15H18N2O3/c1-9(8-18)10(2)17-15(20)12-7-16-13-6-4-3-5-11(13)14(12)19/h3-7,9-10,18H,8H2,1-2H3,(H,16,19)(H,17,20). The number of benzene rings is 1. The van der Waals surface area contributed by atoms with Gasteiger partial charge in [-0.15, -0.1) is 0 Å². The van der Waals surface area contributed by atoms with E-state index in [1.807, 2.05) is 13.0 Å². The van der Waals surface area contributed by atoms with Crippen LogP contribution in [0.4, 0.5) is 0 Å². The van der Waals surface area contributed by atoms with Gasteiger partial charge >= 0.3 is 0 Å². The van der Waals surface area contributed by atoms with Crippen LogP contribution in [0.5, 0.6) is 0 Å². The van der Waals surface area contributed by atoms with Crippen molar-refractivity contribution in [3.05, 3.63) is 46.2 Å². The predicted molar refractivity (Wildman–Crippen MR) is 77.7 cm³/mol. The molecule has 1 aromatic heterocycles. The van der Waals surface area contributed by atoms with E-state index in [0.29, 0.717) is 10.9 Å². The lowest BCUT2D eigenvalue weighted by molar-refractivity contribution is 0.0915. The van der Waals surface area contributed by atoms with Crippen LogP contribution in [0.3, 0.4) is 0 Å². The molecule has 5 nitrogen and oxygen atoms in total. The molecular formula is C15H18N2O3. The number of rotatable bonds is 4. The number of hydrogen-bond donors (Lipinski definition) is 3. The Kier molecular flexibility index (Phi) is 4.20. The summed E-state index contributed by atoms with van der Waals surface area (Å²) in [6.45, 7) is 3.61. The van der Waals surface area contributed by atoms with Crippen LogP contribution in [0.2, 0.25) is 0 Å². The van der Waals surface area contributed by atoms with Crippen molar-refractivity contribution >= 4 is 16.8 Å². The first-order valence-corrected chi connectivity index (χ1v) is 6.56. The topological polar surface area (TPSA) is 82.2 Å². The molecule has 0 bridgehead atoms. The fraction of sp³-hybridized carbons (Fsp3) is 0.333. The molecule has 0 aliphatic heterocycles. The third-order valence-corrected chi connectivity index (χ3v) is 3.53. The highest BCUT2D eigenvalue weighted by Crippen LogP contribution is 2.08. The number of aromatic amines is 1. The van der Waals surface area contributed by atoms with Gasteiger partial charge in [-0.2, -0.15) is 0 Å². The van der Waals surface area contributed by atoms with Crippen LogP contribution in [-0.4, -0.2) is 28.6 Å². The van der Waals surface area contributed by atoms with Crippen LogP contribution in [0.15, 0.2) is 35.3 Å². The fourth-order valence-electron chi connectivity index (χ4n) is 1.92. The van der Waals surface area contributed by atoms with E-state index in [0.717, 1.165) is 0 Å². The van der Waals surface area contributed by atoms with E-state index in [-0.39, 0.29) is 29.6 Å². The van der Waals surface area contributed by atoms with Crippen molar-refractivity contribution in [3.63, 3.8) is 0 Å². The zero-order chi connectivity index (χ0) is 14.7. The van der Waals surface area contributed by atoms with Crippen LogP contribution in [0.25, 0.3) is 10.9 Å². The third-order valence-electron chi connectivity index (χ3n) is 3.53. The fourth-order valence-corrected chi connectivity index (χ4v) is 1.92. The summed E-state index contributed by atoms with van der Waals surface area (Å²) in [7, 11) is 0. The monoisotopic (exact) mass is 274 g/mol. The molecule has 2 atom stereocenters. The number of aliphatic hydroxyl groups excluding tert-OH is 1. The maximum Gasteiger partial charge on any atom is 0.256 e. The molecule has 0 aliphatic rings. The summed E-state index contributed by atoms with van der Waals surface area (Å²) >= 11 is 0. The molecule has 2 aromatic rings. The van der Waals surface area contributed by atoms with Gasteiger partial charge in [-0.1, -0.05) is 19.1 Å². The van der Waals surface area contributed by atoms with Gasteiger partial charge in [-0.05, 0) is 25.0 Å². The molecule has 0 saturated carbocycles. The molecular weight excluding hydrogens is 256 g/mol. The van der Waals surface area contributed by atoms with Crippen molar-refractivity contribution in [2.75, 3.05) is 6.61 Å². The number of amides is 1. The molecule has 2 rings (SSSR count). The number of carbonyl (C=O) groups excluding carboxylic acids is 1. The van der Waals surface area contributed by atoms with Crippen LogP contribution < -0.4 is 10.7 Å². The van der Waals surface area contributed by atoms with E-state index in [1.54, 1.807) is 25.1 Å². The van der Waals surface area contributed by atoms with Gasteiger partial charge in [0.25, 0.3) is 5.91 Å². The zero-order valence-electron chi connectivity index (χ0n) is 11.5. The Morgan fingerprint density at radius 2 is 2.05 bits per heavy atom. The molecule has 0 radical (unpaired) electrons. The first-order valence-electron chi connectivity index (χ1n) is 6.56.